The molecule has 63 heavy (non-hydrogen) atoms. The SMILES string of the molecule is CCc1ccc(N(C2=CC3=CC4=C(CC3C=C2)c2c(cc(N(c3cc(C)c(C)c(C)c3)c3ccc(CC)c(CC)c3)c3c2C=CCC3)C4(C)C)c2cc(C)c(C)c(C)c2)cc1CC. The van der Waals surface area contributed by atoms with Crippen LogP contribution in [0.15, 0.2) is 114 Å². The van der Waals surface area contributed by atoms with Crippen molar-refractivity contribution in [2.24, 2.45) is 5.92 Å². The third-order valence-electron chi connectivity index (χ3n) is 15.5. The van der Waals surface area contributed by atoms with E-state index in [0.29, 0.717) is 5.92 Å². The van der Waals surface area contributed by atoms with Gasteiger partial charge in [0.2, 0.25) is 0 Å². The van der Waals surface area contributed by atoms with Crippen LogP contribution in [0.1, 0.15) is 132 Å². The van der Waals surface area contributed by atoms with Crippen LogP contribution < -0.4 is 9.80 Å². The van der Waals surface area contributed by atoms with Crippen LogP contribution in [-0.4, -0.2) is 0 Å². The van der Waals surface area contributed by atoms with E-state index in [-0.39, 0.29) is 5.41 Å². The van der Waals surface area contributed by atoms with Gasteiger partial charge in [-0.15, -0.1) is 0 Å². The first-order valence-corrected chi connectivity index (χ1v) is 24.0. The highest BCUT2D eigenvalue weighted by molar-refractivity contribution is 5.94. The number of allylic oxidation sites excluding steroid dienone is 8. The van der Waals surface area contributed by atoms with Gasteiger partial charge >= 0.3 is 0 Å². The molecule has 2 nitrogen and oxygen atoms in total. The number of aryl methyl sites for hydroxylation is 8. The summed E-state index contributed by atoms with van der Waals surface area (Å²) in [6.45, 7) is 27.7. The smallest absolute Gasteiger partial charge is 0.0503 e. The van der Waals surface area contributed by atoms with Gasteiger partial charge in [0.25, 0.3) is 0 Å². The Morgan fingerprint density at radius 3 is 1.68 bits per heavy atom. The monoisotopic (exact) mass is 829 g/mol. The molecule has 2 heteroatoms. The van der Waals surface area contributed by atoms with E-state index in [1.165, 1.54) is 129 Å². The van der Waals surface area contributed by atoms with E-state index in [0.717, 1.165) is 44.9 Å². The van der Waals surface area contributed by atoms with Crippen LogP contribution in [0.4, 0.5) is 28.4 Å². The fourth-order valence-corrected chi connectivity index (χ4v) is 11.3. The van der Waals surface area contributed by atoms with E-state index in [9.17, 15) is 0 Å². The van der Waals surface area contributed by atoms with Crippen LogP contribution in [0, 0.1) is 47.5 Å². The first kappa shape index (κ1) is 42.7. The molecule has 5 aromatic rings. The van der Waals surface area contributed by atoms with Crippen molar-refractivity contribution in [1.29, 1.82) is 0 Å². The first-order chi connectivity index (χ1) is 30.3. The van der Waals surface area contributed by atoms with Gasteiger partial charge < -0.3 is 9.80 Å². The second-order valence-corrected chi connectivity index (χ2v) is 19.5. The molecule has 0 saturated heterocycles. The van der Waals surface area contributed by atoms with Crippen LogP contribution in [0.2, 0.25) is 0 Å². The number of nitrogens with zero attached hydrogens (tertiary/aromatic N) is 2. The number of benzene rings is 5. The fraction of sp³-hybridized carbons (Fsp3) is 0.344. The van der Waals surface area contributed by atoms with Crippen molar-refractivity contribution in [2.45, 2.75) is 133 Å². The molecule has 4 aliphatic carbocycles. The van der Waals surface area contributed by atoms with Gasteiger partial charge in [-0.3, -0.25) is 0 Å². The Balaban J connectivity index is 1.20. The normalized spacial score (nSPS) is 16.9. The Kier molecular flexibility index (Phi) is 11.2. The summed E-state index contributed by atoms with van der Waals surface area (Å²) in [4.78, 5) is 5.12. The Labute approximate surface area is 379 Å². The van der Waals surface area contributed by atoms with Gasteiger partial charge in [0.05, 0.1) is 5.69 Å². The maximum Gasteiger partial charge on any atom is 0.0503 e. The highest BCUT2D eigenvalue weighted by Crippen LogP contribution is 2.57. The molecule has 0 fully saturated rings. The maximum absolute atomic E-state index is 2.61. The lowest BCUT2D eigenvalue weighted by Crippen LogP contribution is -2.22. The minimum absolute atomic E-state index is 0.171. The van der Waals surface area contributed by atoms with Crippen molar-refractivity contribution in [1.82, 2.24) is 0 Å². The van der Waals surface area contributed by atoms with E-state index < -0.39 is 0 Å². The minimum Gasteiger partial charge on any atom is -0.310 e. The van der Waals surface area contributed by atoms with E-state index in [2.05, 4.69) is 196 Å². The second-order valence-electron chi connectivity index (χ2n) is 19.5. The van der Waals surface area contributed by atoms with Gasteiger partial charge in [-0.1, -0.05) is 78.0 Å². The summed E-state index contributed by atoms with van der Waals surface area (Å²) in [5.74, 6) is 0.328. The predicted octanol–water partition coefficient (Wildman–Crippen LogP) is 16.5. The van der Waals surface area contributed by atoms with Crippen molar-refractivity contribution < 1.29 is 0 Å². The van der Waals surface area contributed by atoms with Crippen LogP contribution in [0.5, 0.6) is 0 Å². The molecule has 9 rings (SSSR count). The number of anilines is 5. The molecule has 0 radical (unpaired) electrons. The summed E-state index contributed by atoms with van der Waals surface area (Å²) in [5.41, 5.74) is 31.5. The lowest BCUT2D eigenvalue weighted by molar-refractivity contribution is 0.644. The van der Waals surface area contributed by atoms with E-state index >= 15 is 0 Å². The molecule has 0 aliphatic heterocycles. The molecule has 0 saturated carbocycles. The van der Waals surface area contributed by atoms with Gasteiger partial charge in [-0.05, 0) is 248 Å². The number of rotatable bonds is 10. The Morgan fingerprint density at radius 2 is 1.13 bits per heavy atom. The quantitative estimate of drug-likeness (QED) is 0.138. The Hall–Kier alpha value is -5.60. The number of hydrogen-bond acceptors (Lipinski definition) is 2. The highest BCUT2D eigenvalue weighted by Gasteiger charge is 2.43. The van der Waals surface area contributed by atoms with Gasteiger partial charge in [0, 0.05) is 39.8 Å². The van der Waals surface area contributed by atoms with Crippen LogP contribution in [0.25, 0.3) is 11.6 Å². The predicted molar refractivity (Wildman–Crippen MR) is 273 cm³/mol. The molecule has 1 unspecified atom stereocenters. The third kappa shape index (κ3) is 7.19. The van der Waals surface area contributed by atoms with E-state index in [1.807, 2.05) is 0 Å². The van der Waals surface area contributed by atoms with Crippen molar-refractivity contribution in [3.05, 3.63) is 192 Å². The summed E-state index contributed by atoms with van der Waals surface area (Å²) in [7, 11) is 0. The van der Waals surface area contributed by atoms with Crippen LogP contribution in [-0.2, 0) is 37.5 Å². The standard InChI is InChI=1S/C61H68N2/c1-13-43-21-24-49(31-45(43)15-3)62(52-27-37(5)41(9)38(6)28-52)50-26-23-47-34-56-57(35-48(47)33-50)61(11,12)58-36-59(54-19-17-18-20-55(54)60(56)58)63(53-29-39(7)42(10)40(8)30-53)51-25-22-44(14-2)46(16-4)32-51/h18,20-33,35-36,47H,13-17,19,34H2,1-12H3. The average molecular weight is 829 g/mol. The molecule has 0 aromatic heterocycles. The fourth-order valence-electron chi connectivity index (χ4n) is 11.3. The van der Waals surface area contributed by atoms with E-state index in [1.54, 1.807) is 0 Å². The summed E-state index contributed by atoms with van der Waals surface area (Å²) in [6, 6.07) is 26.6. The summed E-state index contributed by atoms with van der Waals surface area (Å²) >= 11 is 0. The topological polar surface area (TPSA) is 6.48 Å². The molecule has 0 bridgehead atoms. The zero-order valence-electron chi connectivity index (χ0n) is 40.2. The van der Waals surface area contributed by atoms with Crippen molar-refractivity contribution in [3.8, 4) is 0 Å². The van der Waals surface area contributed by atoms with Gasteiger partial charge in [-0.25, -0.2) is 0 Å². The maximum atomic E-state index is 2.61. The highest BCUT2D eigenvalue weighted by atomic mass is 15.2. The number of hydrogen-bond donors (Lipinski definition) is 0. The summed E-state index contributed by atoms with van der Waals surface area (Å²) in [6.07, 6.45) is 22.2. The Morgan fingerprint density at radius 1 is 0.587 bits per heavy atom. The summed E-state index contributed by atoms with van der Waals surface area (Å²) in [5, 5.41) is 0. The minimum atomic E-state index is -0.171. The molecule has 322 valence electrons. The molecular formula is C61H68N2. The third-order valence-corrected chi connectivity index (χ3v) is 15.5. The molecule has 0 amide bonds. The van der Waals surface area contributed by atoms with Gasteiger partial charge in [0.1, 0.15) is 0 Å². The molecule has 0 spiro atoms. The van der Waals surface area contributed by atoms with Crippen molar-refractivity contribution >= 4 is 40.1 Å². The molecule has 5 aromatic carbocycles. The van der Waals surface area contributed by atoms with E-state index in [4.69, 9.17) is 0 Å². The van der Waals surface area contributed by atoms with Gasteiger partial charge in [-0.2, -0.15) is 0 Å². The lowest BCUT2D eigenvalue weighted by Gasteiger charge is -2.33. The largest absolute Gasteiger partial charge is 0.310 e. The molecule has 0 N–H and O–H groups in total. The van der Waals surface area contributed by atoms with Crippen LogP contribution in [0.3, 0.4) is 0 Å². The lowest BCUT2D eigenvalue weighted by atomic mass is 9.75. The molecule has 0 heterocycles. The zero-order chi connectivity index (χ0) is 44.5. The average Bonchev–Trinajstić information content (AvgIpc) is 3.50. The molecular weight excluding hydrogens is 761 g/mol. The van der Waals surface area contributed by atoms with Crippen molar-refractivity contribution in [2.75, 3.05) is 9.80 Å². The second kappa shape index (κ2) is 16.5. The zero-order valence-corrected chi connectivity index (χ0v) is 40.2. The van der Waals surface area contributed by atoms with Crippen LogP contribution >= 0.6 is 0 Å². The molecule has 1 atom stereocenters. The summed E-state index contributed by atoms with van der Waals surface area (Å²) < 4.78 is 0. The number of fused-ring (bicyclic) bond motifs is 5. The molecule has 4 aliphatic rings. The Bertz CT molecular complexity index is 2800. The van der Waals surface area contributed by atoms with Crippen molar-refractivity contribution in [3.63, 3.8) is 0 Å². The first-order valence-electron chi connectivity index (χ1n) is 24.0. The van der Waals surface area contributed by atoms with Gasteiger partial charge in [0.15, 0.2) is 0 Å².